The van der Waals surface area contributed by atoms with Crippen molar-refractivity contribution in [3.05, 3.63) is 55.7 Å². The second kappa shape index (κ2) is 8.38. The smallest absolute Gasteiger partial charge is 0.263 e. The molecule has 0 saturated carbocycles. The molecule has 0 bridgehead atoms. The summed E-state index contributed by atoms with van der Waals surface area (Å²) in [5.41, 5.74) is 0.867. The topological polar surface area (TPSA) is 50.4 Å². The number of ether oxygens (including phenoxy) is 1. The number of methoxy groups -OCH3 is 1. The molecule has 1 amide bonds. The minimum Gasteiger partial charge on any atom is -0.491 e. The summed E-state index contributed by atoms with van der Waals surface area (Å²) >= 11 is 7.10. The molecule has 0 unspecified atom stereocenters. The summed E-state index contributed by atoms with van der Waals surface area (Å²) in [5, 5.41) is 4.42. The van der Waals surface area contributed by atoms with Gasteiger partial charge in [0.05, 0.1) is 7.11 Å². The van der Waals surface area contributed by atoms with Gasteiger partial charge in [-0.3, -0.25) is 10.1 Å². The van der Waals surface area contributed by atoms with Gasteiger partial charge in [0.15, 0.2) is 22.5 Å². The van der Waals surface area contributed by atoms with E-state index in [1.54, 1.807) is 13.0 Å². The number of nitrogens with one attached hydrogen (secondary N) is 2. The predicted octanol–water partition coefficient (Wildman–Crippen LogP) is 4.60. The summed E-state index contributed by atoms with van der Waals surface area (Å²) in [4.78, 5) is 12.1. The Bertz CT molecular complexity index is 924. The first kappa shape index (κ1) is 21.4. The fourth-order valence-electron chi connectivity index (χ4n) is 2.22. The van der Waals surface area contributed by atoms with E-state index in [-0.39, 0.29) is 5.11 Å². The minimum absolute atomic E-state index is 0.292. The van der Waals surface area contributed by atoms with E-state index in [2.05, 4.69) is 32.6 Å². The van der Waals surface area contributed by atoms with E-state index < -0.39 is 40.5 Å². The molecule has 2 aromatic carbocycles. The van der Waals surface area contributed by atoms with Crippen molar-refractivity contribution in [3.63, 3.8) is 0 Å². The number of carbonyl (C=O) groups excluding carboxylic acids is 1. The second-order valence-corrected chi connectivity index (χ2v) is 7.06. The highest BCUT2D eigenvalue weighted by atomic mass is 127. The van der Waals surface area contributed by atoms with Gasteiger partial charge in [0.2, 0.25) is 11.6 Å². The molecular weight excluding hydrogens is 499 g/mol. The fraction of sp³-hybridized carbons (Fsp3) is 0.176. The summed E-state index contributed by atoms with van der Waals surface area (Å²) in [6.07, 6.45) is 0. The lowest BCUT2D eigenvalue weighted by molar-refractivity contribution is 0.0966. The fourth-order valence-corrected chi connectivity index (χ4v) is 3.05. The zero-order chi connectivity index (χ0) is 20.5. The SMILES string of the molecule is COc1c(F)c(F)c(C(=O)NC(=S)Nc2cc(C)c(I)cc2C)c(F)c1F. The third-order valence-electron chi connectivity index (χ3n) is 3.64. The highest BCUT2D eigenvalue weighted by Crippen LogP contribution is 2.29. The Hall–Kier alpha value is -1.95. The number of hydrogen-bond acceptors (Lipinski definition) is 3. The molecule has 2 N–H and O–H groups in total. The first-order chi connectivity index (χ1) is 12.6. The van der Waals surface area contributed by atoms with Crippen LogP contribution in [0.15, 0.2) is 12.1 Å². The standard InChI is InChI=1S/C17H13F4IN2O2S/c1-6-5-9(7(2)4-8(6)22)23-17(27)24-16(25)10-11(18)13(20)15(26-3)14(21)12(10)19/h4-5H,1-3H3,(H2,23,24,25,27). The maximum absolute atomic E-state index is 14.0. The molecule has 0 aromatic heterocycles. The lowest BCUT2D eigenvalue weighted by atomic mass is 10.1. The lowest BCUT2D eigenvalue weighted by Gasteiger charge is -2.14. The molecule has 0 atom stereocenters. The van der Waals surface area contributed by atoms with Crippen molar-refractivity contribution in [3.8, 4) is 5.75 Å². The molecule has 0 saturated heterocycles. The van der Waals surface area contributed by atoms with Gasteiger partial charge >= 0.3 is 0 Å². The van der Waals surface area contributed by atoms with Crippen LogP contribution in [-0.2, 0) is 0 Å². The van der Waals surface area contributed by atoms with Crippen LogP contribution in [0.1, 0.15) is 21.5 Å². The first-order valence-corrected chi connectivity index (χ1v) is 8.86. The number of benzene rings is 2. The summed E-state index contributed by atoms with van der Waals surface area (Å²) in [6.45, 7) is 3.66. The van der Waals surface area contributed by atoms with Crippen LogP contribution in [0, 0.1) is 40.7 Å². The average molecular weight is 512 g/mol. The van der Waals surface area contributed by atoms with Gasteiger partial charge in [-0.05, 0) is 71.9 Å². The van der Waals surface area contributed by atoms with Crippen LogP contribution in [-0.4, -0.2) is 18.1 Å². The maximum Gasteiger partial charge on any atom is 0.263 e. The van der Waals surface area contributed by atoms with Gasteiger partial charge in [-0.15, -0.1) is 0 Å². The van der Waals surface area contributed by atoms with Gasteiger partial charge in [0.25, 0.3) is 5.91 Å². The van der Waals surface area contributed by atoms with Crippen LogP contribution < -0.4 is 15.4 Å². The van der Waals surface area contributed by atoms with E-state index in [1.807, 2.05) is 18.3 Å². The number of carbonyl (C=O) groups is 1. The van der Waals surface area contributed by atoms with Crippen LogP contribution in [0.4, 0.5) is 23.2 Å². The normalized spacial score (nSPS) is 10.5. The van der Waals surface area contributed by atoms with Crippen molar-refractivity contribution < 1.29 is 27.1 Å². The number of amides is 1. The van der Waals surface area contributed by atoms with Gasteiger partial charge in [-0.1, -0.05) is 0 Å². The molecule has 0 heterocycles. The Balaban J connectivity index is 2.28. The molecule has 0 aliphatic heterocycles. The second-order valence-electron chi connectivity index (χ2n) is 5.49. The molecule has 0 fully saturated rings. The van der Waals surface area contributed by atoms with Gasteiger partial charge in [-0.2, -0.15) is 8.78 Å². The Morgan fingerprint density at radius 3 is 2.11 bits per heavy atom. The highest BCUT2D eigenvalue weighted by Gasteiger charge is 2.30. The van der Waals surface area contributed by atoms with Crippen LogP contribution >= 0.6 is 34.8 Å². The molecule has 4 nitrogen and oxygen atoms in total. The van der Waals surface area contributed by atoms with Crippen molar-refractivity contribution in [1.29, 1.82) is 0 Å². The monoisotopic (exact) mass is 512 g/mol. The Kier molecular flexibility index (Phi) is 6.63. The van der Waals surface area contributed by atoms with Crippen molar-refractivity contribution in [2.45, 2.75) is 13.8 Å². The van der Waals surface area contributed by atoms with E-state index >= 15 is 0 Å². The van der Waals surface area contributed by atoms with E-state index in [4.69, 9.17) is 12.2 Å². The Morgan fingerprint density at radius 1 is 1.04 bits per heavy atom. The summed E-state index contributed by atoms with van der Waals surface area (Å²) in [6, 6.07) is 3.64. The van der Waals surface area contributed by atoms with Gasteiger partial charge < -0.3 is 10.1 Å². The summed E-state index contributed by atoms with van der Waals surface area (Å²) < 4.78 is 60.8. The maximum atomic E-state index is 14.0. The van der Waals surface area contributed by atoms with Crippen LogP contribution in [0.3, 0.4) is 0 Å². The van der Waals surface area contributed by atoms with Crippen molar-refractivity contribution in [2.75, 3.05) is 12.4 Å². The number of thiocarbonyl (C=S) groups is 1. The van der Waals surface area contributed by atoms with Crippen molar-refractivity contribution in [2.24, 2.45) is 0 Å². The van der Waals surface area contributed by atoms with E-state index in [1.165, 1.54) is 0 Å². The molecule has 0 spiro atoms. The third kappa shape index (κ3) is 4.32. The number of anilines is 1. The zero-order valence-electron chi connectivity index (χ0n) is 14.3. The number of hydrogen-bond donors (Lipinski definition) is 2. The summed E-state index contributed by atoms with van der Waals surface area (Å²) in [5.74, 6) is -10.1. The zero-order valence-corrected chi connectivity index (χ0v) is 17.2. The first-order valence-electron chi connectivity index (χ1n) is 7.37. The minimum atomic E-state index is -1.88. The molecule has 144 valence electrons. The van der Waals surface area contributed by atoms with E-state index in [9.17, 15) is 22.4 Å². The molecule has 0 aliphatic carbocycles. The van der Waals surface area contributed by atoms with Crippen molar-refractivity contribution >= 4 is 51.5 Å². The van der Waals surface area contributed by atoms with E-state index in [0.717, 1.165) is 21.8 Å². The van der Waals surface area contributed by atoms with Crippen LogP contribution in [0.5, 0.6) is 5.75 Å². The Morgan fingerprint density at radius 2 is 1.59 bits per heavy atom. The largest absolute Gasteiger partial charge is 0.491 e. The predicted molar refractivity (Wildman–Crippen MR) is 105 cm³/mol. The lowest BCUT2D eigenvalue weighted by Crippen LogP contribution is -2.35. The van der Waals surface area contributed by atoms with Crippen LogP contribution in [0.25, 0.3) is 0 Å². The molecule has 0 aliphatic rings. The number of halogens is 5. The van der Waals surface area contributed by atoms with Gasteiger partial charge in [0, 0.05) is 9.26 Å². The molecule has 10 heteroatoms. The molecule has 0 radical (unpaired) electrons. The van der Waals surface area contributed by atoms with Gasteiger partial charge in [-0.25, -0.2) is 8.78 Å². The number of rotatable bonds is 3. The Labute approximate surface area is 171 Å². The molecular formula is C17H13F4IN2O2S. The van der Waals surface area contributed by atoms with Crippen LogP contribution in [0.2, 0.25) is 0 Å². The quantitative estimate of drug-likeness (QED) is 0.273. The molecule has 27 heavy (non-hydrogen) atoms. The third-order valence-corrected chi connectivity index (χ3v) is 5.00. The molecule has 2 aromatic rings. The highest BCUT2D eigenvalue weighted by molar-refractivity contribution is 14.1. The van der Waals surface area contributed by atoms with Gasteiger partial charge in [0.1, 0.15) is 5.56 Å². The molecule has 2 rings (SSSR count). The number of aryl methyl sites for hydroxylation is 2. The van der Waals surface area contributed by atoms with Crippen molar-refractivity contribution in [1.82, 2.24) is 5.32 Å². The average Bonchev–Trinajstić information content (AvgIpc) is 2.58. The summed E-state index contributed by atoms with van der Waals surface area (Å²) in [7, 11) is 0.838. The van der Waals surface area contributed by atoms with E-state index in [0.29, 0.717) is 5.69 Å².